The van der Waals surface area contributed by atoms with Crippen molar-refractivity contribution in [1.29, 1.82) is 0 Å². The predicted octanol–water partition coefficient (Wildman–Crippen LogP) is 1.90. The minimum Gasteiger partial charge on any atom is -0.468 e. The normalized spacial score (nSPS) is 12.3. The molecule has 15 heavy (non-hydrogen) atoms. The van der Waals surface area contributed by atoms with Crippen LogP contribution in [0.25, 0.3) is 0 Å². The van der Waals surface area contributed by atoms with E-state index in [4.69, 9.17) is 5.73 Å². The largest absolute Gasteiger partial charge is 0.468 e. The van der Waals surface area contributed by atoms with Crippen LogP contribution in [0.1, 0.15) is 11.6 Å². The van der Waals surface area contributed by atoms with E-state index < -0.39 is 29.2 Å². The standard InChI is InChI=1S/C9H8BrF2NO2/c1-15-9(14)8(13)7-5(11)2-4(10)3-6(7)12/h2-3,8H,13H2,1H3. The summed E-state index contributed by atoms with van der Waals surface area (Å²) in [6, 6.07) is 0.603. The Morgan fingerprint density at radius 2 is 1.93 bits per heavy atom. The van der Waals surface area contributed by atoms with Crippen LogP contribution in [0.4, 0.5) is 8.78 Å². The topological polar surface area (TPSA) is 52.3 Å². The molecule has 0 saturated heterocycles. The third kappa shape index (κ3) is 2.51. The second-order valence-corrected chi connectivity index (χ2v) is 3.70. The molecular weight excluding hydrogens is 272 g/mol. The van der Waals surface area contributed by atoms with Crippen molar-refractivity contribution >= 4 is 21.9 Å². The monoisotopic (exact) mass is 279 g/mol. The van der Waals surface area contributed by atoms with Crippen LogP contribution < -0.4 is 5.73 Å². The minimum absolute atomic E-state index is 0.235. The summed E-state index contributed by atoms with van der Waals surface area (Å²) in [7, 11) is 1.09. The Morgan fingerprint density at radius 1 is 1.47 bits per heavy atom. The summed E-state index contributed by atoms with van der Waals surface area (Å²) in [6.07, 6.45) is 0. The highest BCUT2D eigenvalue weighted by molar-refractivity contribution is 9.10. The van der Waals surface area contributed by atoms with Crippen LogP contribution in [0.15, 0.2) is 16.6 Å². The molecule has 0 fully saturated rings. The smallest absolute Gasteiger partial charge is 0.327 e. The van der Waals surface area contributed by atoms with E-state index in [1.54, 1.807) is 0 Å². The lowest BCUT2D eigenvalue weighted by Gasteiger charge is -2.11. The molecule has 1 rings (SSSR count). The maximum Gasteiger partial charge on any atom is 0.327 e. The highest BCUT2D eigenvalue weighted by Crippen LogP contribution is 2.24. The summed E-state index contributed by atoms with van der Waals surface area (Å²) in [5.41, 5.74) is 4.84. The SMILES string of the molecule is COC(=O)C(N)c1c(F)cc(Br)cc1F. The van der Waals surface area contributed by atoms with Crippen molar-refractivity contribution in [1.82, 2.24) is 0 Å². The van der Waals surface area contributed by atoms with E-state index in [0.717, 1.165) is 19.2 Å². The summed E-state index contributed by atoms with van der Waals surface area (Å²) in [4.78, 5) is 11.0. The molecule has 0 radical (unpaired) electrons. The molecule has 3 nitrogen and oxygen atoms in total. The zero-order valence-corrected chi connectivity index (χ0v) is 9.35. The molecule has 1 unspecified atom stereocenters. The van der Waals surface area contributed by atoms with Crippen LogP contribution in [0.5, 0.6) is 0 Å². The van der Waals surface area contributed by atoms with Gasteiger partial charge in [-0.25, -0.2) is 8.78 Å². The molecule has 1 aromatic rings. The lowest BCUT2D eigenvalue weighted by atomic mass is 10.1. The van der Waals surface area contributed by atoms with Gasteiger partial charge in [0.2, 0.25) is 0 Å². The number of hydrogen-bond donors (Lipinski definition) is 1. The maximum atomic E-state index is 13.3. The van der Waals surface area contributed by atoms with Gasteiger partial charge in [0.05, 0.1) is 12.7 Å². The van der Waals surface area contributed by atoms with Crippen LogP contribution >= 0.6 is 15.9 Å². The van der Waals surface area contributed by atoms with Crippen molar-refractivity contribution in [2.45, 2.75) is 6.04 Å². The first-order valence-electron chi connectivity index (χ1n) is 3.95. The van der Waals surface area contributed by atoms with Crippen LogP contribution in [-0.4, -0.2) is 13.1 Å². The third-order valence-corrected chi connectivity index (χ3v) is 2.27. The van der Waals surface area contributed by atoms with Gasteiger partial charge in [-0.05, 0) is 12.1 Å². The van der Waals surface area contributed by atoms with E-state index in [1.165, 1.54) is 0 Å². The summed E-state index contributed by atoms with van der Waals surface area (Å²) in [5, 5.41) is 0. The highest BCUT2D eigenvalue weighted by atomic mass is 79.9. The average molecular weight is 280 g/mol. The number of nitrogens with two attached hydrogens (primary N) is 1. The Bertz CT molecular complexity index is 375. The zero-order valence-electron chi connectivity index (χ0n) is 7.76. The minimum atomic E-state index is -1.46. The van der Waals surface area contributed by atoms with E-state index in [1.807, 2.05) is 0 Å². The fourth-order valence-corrected chi connectivity index (χ4v) is 1.50. The van der Waals surface area contributed by atoms with Crippen LogP contribution in [0, 0.1) is 11.6 Å². The van der Waals surface area contributed by atoms with Gasteiger partial charge in [-0.15, -0.1) is 0 Å². The molecule has 0 heterocycles. The first-order valence-corrected chi connectivity index (χ1v) is 4.74. The van der Waals surface area contributed by atoms with Crippen molar-refractivity contribution in [3.8, 4) is 0 Å². The molecule has 2 N–H and O–H groups in total. The van der Waals surface area contributed by atoms with Gasteiger partial charge in [-0.1, -0.05) is 15.9 Å². The van der Waals surface area contributed by atoms with Gasteiger partial charge in [-0.3, -0.25) is 4.79 Å². The molecule has 0 aliphatic rings. The molecule has 0 amide bonds. The number of benzene rings is 1. The summed E-state index contributed by atoms with van der Waals surface area (Å²) in [5.74, 6) is -2.67. The summed E-state index contributed by atoms with van der Waals surface area (Å²) in [6.45, 7) is 0. The number of methoxy groups -OCH3 is 1. The van der Waals surface area contributed by atoms with Gasteiger partial charge in [-0.2, -0.15) is 0 Å². The van der Waals surface area contributed by atoms with E-state index in [2.05, 4.69) is 20.7 Å². The van der Waals surface area contributed by atoms with E-state index >= 15 is 0 Å². The fraction of sp³-hybridized carbons (Fsp3) is 0.222. The predicted molar refractivity (Wildman–Crippen MR) is 53.0 cm³/mol. The lowest BCUT2D eigenvalue weighted by Crippen LogP contribution is -2.24. The van der Waals surface area contributed by atoms with Crippen molar-refractivity contribution in [2.24, 2.45) is 5.73 Å². The van der Waals surface area contributed by atoms with Gasteiger partial charge in [0.15, 0.2) is 0 Å². The molecule has 0 aromatic heterocycles. The maximum absolute atomic E-state index is 13.3. The molecule has 0 aliphatic carbocycles. The number of carbonyl (C=O) groups excluding carboxylic acids is 1. The van der Waals surface area contributed by atoms with Gasteiger partial charge >= 0.3 is 5.97 Å². The number of ether oxygens (including phenoxy) is 1. The number of carbonyl (C=O) groups is 1. The zero-order chi connectivity index (χ0) is 11.6. The van der Waals surface area contributed by atoms with Gasteiger partial charge in [0.1, 0.15) is 17.7 Å². The Balaban J connectivity index is 3.19. The van der Waals surface area contributed by atoms with Crippen LogP contribution in [-0.2, 0) is 9.53 Å². The Morgan fingerprint density at radius 3 is 2.33 bits per heavy atom. The number of esters is 1. The molecule has 0 aliphatic heterocycles. The molecule has 1 atom stereocenters. The molecule has 0 spiro atoms. The van der Waals surface area contributed by atoms with E-state index in [0.29, 0.717) is 0 Å². The Labute approximate surface area is 93.3 Å². The van der Waals surface area contributed by atoms with Crippen molar-refractivity contribution in [3.05, 3.63) is 33.8 Å². The van der Waals surface area contributed by atoms with Crippen LogP contribution in [0.2, 0.25) is 0 Å². The lowest BCUT2D eigenvalue weighted by molar-refractivity contribution is -0.142. The number of halogens is 3. The van der Waals surface area contributed by atoms with Crippen molar-refractivity contribution in [3.63, 3.8) is 0 Å². The molecule has 0 bridgehead atoms. The molecule has 6 heteroatoms. The first-order chi connectivity index (χ1) is 6.97. The Hall–Kier alpha value is -1.01. The average Bonchev–Trinajstić information content (AvgIpc) is 2.14. The number of hydrogen-bond acceptors (Lipinski definition) is 3. The molecule has 1 aromatic carbocycles. The molecular formula is C9H8BrF2NO2. The van der Waals surface area contributed by atoms with Gasteiger partial charge in [0, 0.05) is 4.47 Å². The highest BCUT2D eigenvalue weighted by Gasteiger charge is 2.24. The van der Waals surface area contributed by atoms with Gasteiger partial charge < -0.3 is 10.5 Å². The van der Waals surface area contributed by atoms with Crippen molar-refractivity contribution < 1.29 is 18.3 Å². The quantitative estimate of drug-likeness (QED) is 0.842. The molecule has 82 valence electrons. The van der Waals surface area contributed by atoms with Gasteiger partial charge in [0.25, 0.3) is 0 Å². The first kappa shape index (κ1) is 12.1. The van der Waals surface area contributed by atoms with Crippen LogP contribution in [0.3, 0.4) is 0 Å². The van der Waals surface area contributed by atoms with E-state index in [9.17, 15) is 13.6 Å². The summed E-state index contributed by atoms with van der Waals surface area (Å²) >= 11 is 2.91. The second-order valence-electron chi connectivity index (χ2n) is 2.78. The summed E-state index contributed by atoms with van der Waals surface area (Å²) < 4.78 is 31.1. The van der Waals surface area contributed by atoms with Crippen molar-refractivity contribution in [2.75, 3.05) is 7.11 Å². The number of rotatable bonds is 2. The second kappa shape index (κ2) is 4.67. The molecule has 0 saturated carbocycles. The fourth-order valence-electron chi connectivity index (χ4n) is 1.10. The third-order valence-electron chi connectivity index (χ3n) is 1.81. The van der Waals surface area contributed by atoms with E-state index in [-0.39, 0.29) is 4.47 Å². The Kier molecular flexibility index (Phi) is 3.76.